The molecule has 3 saturated carbocycles. The maximum absolute atomic E-state index is 15.0. The number of nitrogens with two attached hydrogens (primary N) is 1. The Labute approximate surface area is 421 Å². The number of rotatable bonds is 11. The standard InChI is InChI=1S/C27H29FN2O6.C16H21BrO2.C10H12BrN.ClH/c1-2-33-24(32)9-14-7-17(8-14)15-3-5-16(6-4-15)25-18(28)10-19-20(30-25)11-23(29-19)36-22-13-35-26-21(31)12-34-27(22)26;1-16(2,3)19-15(18)10-11-8-13(9-11)12-4-6-14(17)7-5-12;11-9-3-1-7(2-4-9)8-5-10(12)6-8;/h3-6,10-11,14,17,21-22,26-27,29,31H,2,7-9,12-13H2,1H3;4-7,11,13H,8-10H2,1-3H3;1-4,8,10H,5-6,12H2;1H/t14?,17?,21-,22-,26-,27-;;;/m1.../s1. The van der Waals surface area contributed by atoms with Gasteiger partial charge in [-0.15, -0.1) is 12.4 Å². The summed E-state index contributed by atoms with van der Waals surface area (Å²) in [6, 6.07) is 28.5. The Hall–Kier alpha value is -3.89. The van der Waals surface area contributed by atoms with Crippen molar-refractivity contribution < 1.29 is 42.8 Å². The smallest absolute Gasteiger partial charge is 0.306 e. The fraction of sp³-hybridized carbons (Fsp3) is 0.491. The molecule has 0 amide bonds. The van der Waals surface area contributed by atoms with E-state index >= 15 is 0 Å². The van der Waals surface area contributed by atoms with E-state index in [9.17, 15) is 19.1 Å². The molecule has 0 unspecified atom stereocenters. The molecule has 5 aliphatic rings. The molecule has 2 saturated heterocycles. The van der Waals surface area contributed by atoms with Crippen LogP contribution in [0.4, 0.5) is 4.39 Å². The number of fused-ring (bicyclic) bond motifs is 2. The van der Waals surface area contributed by atoms with Crippen LogP contribution in [0.25, 0.3) is 22.3 Å². The second-order valence-electron chi connectivity index (χ2n) is 19.7. The van der Waals surface area contributed by atoms with Crippen LogP contribution in [0.1, 0.15) is 114 Å². The highest BCUT2D eigenvalue weighted by molar-refractivity contribution is 9.10. The quantitative estimate of drug-likeness (QED) is 0.109. The van der Waals surface area contributed by atoms with Crippen molar-refractivity contribution in [2.45, 2.75) is 133 Å². The van der Waals surface area contributed by atoms with E-state index in [1.165, 1.54) is 22.8 Å². The third-order valence-electron chi connectivity index (χ3n) is 13.4. The van der Waals surface area contributed by atoms with Gasteiger partial charge in [0, 0.05) is 45.5 Å². The van der Waals surface area contributed by atoms with Gasteiger partial charge >= 0.3 is 11.9 Å². The van der Waals surface area contributed by atoms with E-state index in [-0.39, 0.29) is 60.6 Å². The molecule has 68 heavy (non-hydrogen) atoms. The first-order chi connectivity index (χ1) is 32.1. The van der Waals surface area contributed by atoms with Crippen LogP contribution in [0.3, 0.4) is 0 Å². The Bertz CT molecular complexity index is 2450. The maximum atomic E-state index is 15.0. The molecule has 3 aliphatic carbocycles. The molecular formula is C53H63Br2ClFN3O8. The number of halogens is 4. The highest BCUT2D eigenvalue weighted by Crippen LogP contribution is 2.45. The topological polar surface area (TPSA) is 155 Å². The molecule has 15 heteroatoms. The average molecular weight is 1080 g/mol. The lowest BCUT2D eigenvalue weighted by Crippen LogP contribution is -2.34. The van der Waals surface area contributed by atoms with Gasteiger partial charge in [0.2, 0.25) is 0 Å². The second-order valence-corrected chi connectivity index (χ2v) is 21.6. The lowest BCUT2D eigenvalue weighted by molar-refractivity contribution is -0.156. The van der Waals surface area contributed by atoms with Crippen molar-refractivity contribution in [3.63, 3.8) is 0 Å². The number of esters is 2. The number of hydrogen-bond acceptors (Lipinski definition) is 10. The van der Waals surface area contributed by atoms with Gasteiger partial charge in [-0.3, -0.25) is 9.59 Å². The van der Waals surface area contributed by atoms with Gasteiger partial charge in [-0.1, -0.05) is 80.4 Å². The molecule has 366 valence electrons. The first kappa shape index (κ1) is 51.9. The van der Waals surface area contributed by atoms with Gasteiger partial charge in [-0.2, -0.15) is 0 Å². The summed E-state index contributed by atoms with van der Waals surface area (Å²) in [5.41, 5.74) is 11.5. The summed E-state index contributed by atoms with van der Waals surface area (Å²) in [6.45, 7) is 8.51. The van der Waals surface area contributed by atoms with Crippen molar-refractivity contribution in [1.82, 2.24) is 9.97 Å². The highest BCUT2D eigenvalue weighted by Gasteiger charge is 2.48. The predicted molar refractivity (Wildman–Crippen MR) is 270 cm³/mol. The number of H-pyrrole nitrogens is 1. The minimum Gasteiger partial charge on any atom is -0.470 e. The number of aromatic amines is 1. The molecule has 4 atom stereocenters. The average Bonchev–Trinajstić information content (AvgIpc) is 3.95. The minimum atomic E-state index is -0.647. The van der Waals surface area contributed by atoms with E-state index in [1.807, 2.05) is 52.0 Å². The molecule has 10 rings (SSSR count). The molecular weight excluding hydrogens is 1020 g/mol. The van der Waals surface area contributed by atoms with Crippen molar-refractivity contribution in [3.8, 4) is 17.1 Å². The van der Waals surface area contributed by atoms with Gasteiger partial charge in [-0.05, 0) is 137 Å². The summed E-state index contributed by atoms with van der Waals surface area (Å²) in [7, 11) is 0. The van der Waals surface area contributed by atoms with Crippen LogP contribution in [-0.2, 0) is 28.5 Å². The van der Waals surface area contributed by atoms with E-state index in [2.05, 4.69) is 90.4 Å². The summed E-state index contributed by atoms with van der Waals surface area (Å²) >= 11 is 6.87. The van der Waals surface area contributed by atoms with Crippen LogP contribution >= 0.6 is 44.3 Å². The molecule has 11 nitrogen and oxygen atoms in total. The van der Waals surface area contributed by atoms with Gasteiger partial charge in [0.1, 0.15) is 29.6 Å². The number of aliphatic hydroxyl groups is 1. The number of pyridine rings is 1. The van der Waals surface area contributed by atoms with E-state index in [0.29, 0.717) is 84.2 Å². The fourth-order valence-electron chi connectivity index (χ4n) is 9.72. The molecule has 0 radical (unpaired) electrons. The number of benzene rings is 3. The Kier molecular flexibility index (Phi) is 17.5. The molecule has 2 aliphatic heterocycles. The molecule has 0 bridgehead atoms. The molecule has 2 aromatic heterocycles. The van der Waals surface area contributed by atoms with Gasteiger partial charge in [0.15, 0.2) is 17.8 Å². The van der Waals surface area contributed by atoms with Crippen LogP contribution in [0.5, 0.6) is 5.88 Å². The number of aliphatic hydroxyl groups excluding tert-OH is 1. The number of nitrogens with zero attached hydrogens (tertiary/aromatic N) is 1. The van der Waals surface area contributed by atoms with Crippen LogP contribution in [-0.4, -0.2) is 82.9 Å². The molecule has 5 fully saturated rings. The van der Waals surface area contributed by atoms with E-state index in [0.717, 1.165) is 47.5 Å². The number of aromatic nitrogens is 2. The fourth-order valence-corrected chi connectivity index (χ4v) is 10.2. The van der Waals surface area contributed by atoms with Gasteiger partial charge in [-0.25, -0.2) is 9.37 Å². The SMILES string of the molecule is CC(C)(C)OC(=O)CC1CC(c2ccc(Br)cc2)C1.CCOC(=O)CC1CC(c2ccc(-c3nc4cc(O[C@@H]5CO[C@H]6[C@@H]5OC[C@H]6O)[nH]c4cc3F)cc2)C1.Cl.NC1CC(c2ccc(Br)cc2)C1. The van der Waals surface area contributed by atoms with Gasteiger partial charge in [0.25, 0.3) is 0 Å². The second kappa shape index (κ2) is 22.9. The largest absolute Gasteiger partial charge is 0.470 e. The van der Waals surface area contributed by atoms with E-state index in [4.69, 9.17) is 29.4 Å². The van der Waals surface area contributed by atoms with Gasteiger partial charge in [0.05, 0.1) is 30.9 Å². The van der Waals surface area contributed by atoms with Crippen LogP contribution in [0.2, 0.25) is 0 Å². The summed E-state index contributed by atoms with van der Waals surface area (Å²) in [6.07, 6.45) is 5.74. The third kappa shape index (κ3) is 13.3. The highest BCUT2D eigenvalue weighted by atomic mass is 79.9. The van der Waals surface area contributed by atoms with Crippen molar-refractivity contribution in [2.75, 3.05) is 19.8 Å². The Balaban J connectivity index is 0.000000178. The lowest BCUT2D eigenvalue weighted by atomic mass is 9.70. The zero-order valence-electron chi connectivity index (χ0n) is 39.0. The summed E-state index contributed by atoms with van der Waals surface area (Å²) < 4.78 is 44.8. The maximum Gasteiger partial charge on any atom is 0.306 e. The van der Waals surface area contributed by atoms with Crippen molar-refractivity contribution in [2.24, 2.45) is 17.6 Å². The summed E-state index contributed by atoms with van der Waals surface area (Å²) in [5, 5.41) is 9.91. The summed E-state index contributed by atoms with van der Waals surface area (Å²) in [5.74, 6) is 2.43. The lowest BCUT2D eigenvalue weighted by Gasteiger charge is -2.35. The van der Waals surface area contributed by atoms with Crippen molar-refractivity contribution in [1.29, 1.82) is 0 Å². The first-order valence-electron chi connectivity index (χ1n) is 23.6. The molecule has 5 aromatic rings. The van der Waals surface area contributed by atoms with E-state index < -0.39 is 11.9 Å². The zero-order chi connectivity index (χ0) is 47.4. The Morgan fingerprint density at radius 1 is 0.779 bits per heavy atom. The van der Waals surface area contributed by atoms with Crippen molar-refractivity contribution >= 4 is 67.2 Å². The first-order valence-corrected chi connectivity index (χ1v) is 25.2. The predicted octanol–water partition coefficient (Wildman–Crippen LogP) is 11.5. The zero-order valence-corrected chi connectivity index (χ0v) is 43.0. The Morgan fingerprint density at radius 3 is 1.82 bits per heavy atom. The third-order valence-corrected chi connectivity index (χ3v) is 14.5. The molecule has 4 heterocycles. The number of carbonyl (C=O) groups excluding carboxylic acids is 2. The normalized spacial score (nSPS) is 26.8. The molecule has 3 aromatic carbocycles. The number of ether oxygens (including phenoxy) is 5. The number of nitrogens with one attached hydrogen (secondary N) is 1. The monoisotopic (exact) mass is 1080 g/mol. The Morgan fingerprint density at radius 2 is 1.29 bits per heavy atom. The molecule has 4 N–H and O–H groups in total. The summed E-state index contributed by atoms with van der Waals surface area (Å²) in [4.78, 5) is 31.0. The van der Waals surface area contributed by atoms with E-state index in [1.54, 1.807) is 6.07 Å². The molecule has 0 spiro atoms. The van der Waals surface area contributed by atoms with Crippen LogP contribution in [0, 0.1) is 17.7 Å². The van der Waals surface area contributed by atoms with Crippen molar-refractivity contribution in [3.05, 3.63) is 116 Å². The van der Waals surface area contributed by atoms with Crippen LogP contribution < -0.4 is 10.5 Å². The van der Waals surface area contributed by atoms with Crippen LogP contribution in [0.15, 0.2) is 93.9 Å². The number of carbonyl (C=O) groups is 2. The minimum absolute atomic E-state index is 0. The number of hydrogen-bond donors (Lipinski definition) is 3. The van der Waals surface area contributed by atoms with Gasteiger partial charge < -0.3 is 39.5 Å².